The smallest absolute Gasteiger partial charge is 0.319 e. The van der Waals surface area contributed by atoms with E-state index >= 15 is 0 Å². The third kappa shape index (κ3) is 4.92. The Morgan fingerprint density at radius 1 is 1.20 bits per heavy atom. The van der Waals surface area contributed by atoms with Crippen LogP contribution < -0.4 is 5.32 Å². The molecule has 1 saturated heterocycles. The highest BCUT2D eigenvalue weighted by atomic mass is 19.3. The Hall–Kier alpha value is -2.62. The SMILES string of the molecule is CCC(c1ccc(F)cc1F)N1CCN(C(=NC)NCc2nccn2C(F)F)CC1. The van der Waals surface area contributed by atoms with Crippen LogP contribution in [0.15, 0.2) is 35.6 Å². The molecule has 1 aliphatic rings. The number of aliphatic imine (C=N–C) groups is 1. The number of alkyl halides is 2. The van der Waals surface area contributed by atoms with Gasteiger partial charge in [-0.2, -0.15) is 8.78 Å². The highest BCUT2D eigenvalue weighted by Crippen LogP contribution is 2.28. The van der Waals surface area contributed by atoms with E-state index in [2.05, 4.69) is 20.2 Å². The second kappa shape index (κ2) is 9.92. The molecule has 0 radical (unpaired) electrons. The molecule has 1 atom stereocenters. The summed E-state index contributed by atoms with van der Waals surface area (Å²) in [5.41, 5.74) is 0.494. The molecule has 1 aliphatic heterocycles. The first-order valence-electron chi connectivity index (χ1n) is 9.89. The van der Waals surface area contributed by atoms with Crippen molar-refractivity contribution in [1.29, 1.82) is 0 Å². The van der Waals surface area contributed by atoms with E-state index in [9.17, 15) is 17.6 Å². The van der Waals surface area contributed by atoms with Gasteiger partial charge < -0.3 is 10.2 Å². The molecule has 0 bridgehead atoms. The molecule has 10 heteroatoms. The predicted octanol–water partition coefficient (Wildman–Crippen LogP) is 3.40. The normalized spacial score (nSPS) is 16.9. The van der Waals surface area contributed by atoms with E-state index in [0.717, 1.165) is 10.6 Å². The van der Waals surface area contributed by atoms with Crippen molar-refractivity contribution < 1.29 is 17.6 Å². The Kier molecular flexibility index (Phi) is 7.30. The summed E-state index contributed by atoms with van der Waals surface area (Å²) in [7, 11) is 1.64. The lowest BCUT2D eigenvalue weighted by atomic mass is 10.0. The number of imidazole rings is 1. The average molecular weight is 426 g/mol. The first kappa shape index (κ1) is 22.1. The Balaban J connectivity index is 1.59. The van der Waals surface area contributed by atoms with Crippen molar-refractivity contribution in [2.24, 2.45) is 4.99 Å². The Bertz CT molecular complexity index is 861. The third-order valence-electron chi connectivity index (χ3n) is 5.34. The number of halogens is 4. The Morgan fingerprint density at radius 2 is 1.93 bits per heavy atom. The molecule has 0 aliphatic carbocycles. The van der Waals surface area contributed by atoms with Crippen LogP contribution >= 0.6 is 0 Å². The number of hydrogen-bond acceptors (Lipinski definition) is 3. The maximum atomic E-state index is 14.3. The summed E-state index contributed by atoms with van der Waals surface area (Å²) in [6.07, 6.45) is 3.28. The number of piperazine rings is 1. The quantitative estimate of drug-likeness (QED) is 0.437. The fraction of sp³-hybridized carbons (Fsp3) is 0.500. The summed E-state index contributed by atoms with van der Waals surface area (Å²) in [4.78, 5) is 12.4. The molecule has 2 heterocycles. The summed E-state index contributed by atoms with van der Waals surface area (Å²) >= 11 is 0. The molecule has 1 N–H and O–H groups in total. The van der Waals surface area contributed by atoms with Crippen LogP contribution in [-0.4, -0.2) is 58.5 Å². The van der Waals surface area contributed by atoms with Crippen LogP contribution in [0.5, 0.6) is 0 Å². The van der Waals surface area contributed by atoms with Gasteiger partial charge >= 0.3 is 6.55 Å². The summed E-state index contributed by atoms with van der Waals surface area (Å²) < 4.78 is 54.2. The van der Waals surface area contributed by atoms with Crippen molar-refractivity contribution in [2.45, 2.75) is 32.5 Å². The zero-order valence-electron chi connectivity index (χ0n) is 17.0. The number of benzene rings is 1. The number of guanidine groups is 1. The van der Waals surface area contributed by atoms with Crippen LogP contribution in [0.25, 0.3) is 0 Å². The first-order valence-corrected chi connectivity index (χ1v) is 9.89. The monoisotopic (exact) mass is 426 g/mol. The maximum absolute atomic E-state index is 14.3. The lowest BCUT2D eigenvalue weighted by molar-refractivity contribution is 0.0667. The second-order valence-electron chi connectivity index (χ2n) is 7.04. The van der Waals surface area contributed by atoms with Gasteiger partial charge in [0, 0.05) is 63.3 Å². The molecule has 1 fully saturated rings. The van der Waals surface area contributed by atoms with Gasteiger partial charge in [-0.25, -0.2) is 13.8 Å². The predicted molar refractivity (Wildman–Crippen MR) is 106 cm³/mol. The van der Waals surface area contributed by atoms with Gasteiger partial charge in [-0.1, -0.05) is 13.0 Å². The van der Waals surface area contributed by atoms with Crippen LogP contribution in [0.2, 0.25) is 0 Å². The summed E-state index contributed by atoms with van der Waals surface area (Å²) in [6, 6.07) is 3.58. The summed E-state index contributed by atoms with van der Waals surface area (Å²) in [5.74, 6) is -0.295. The largest absolute Gasteiger partial charge is 0.349 e. The molecule has 6 nitrogen and oxygen atoms in total. The highest BCUT2D eigenvalue weighted by molar-refractivity contribution is 5.79. The minimum atomic E-state index is -2.65. The molecule has 2 aromatic rings. The molecule has 3 rings (SSSR count). The molecular formula is C20H26F4N6. The van der Waals surface area contributed by atoms with Crippen molar-refractivity contribution in [3.05, 3.63) is 53.6 Å². The van der Waals surface area contributed by atoms with Gasteiger partial charge in [-0.15, -0.1) is 0 Å². The molecular weight excluding hydrogens is 400 g/mol. The molecule has 1 aromatic carbocycles. The fourth-order valence-electron chi connectivity index (χ4n) is 3.84. The van der Waals surface area contributed by atoms with E-state index in [1.807, 2.05) is 11.8 Å². The molecule has 164 valence electrons. The van der Waals surface area contributed by atoms with E-state index in [-0.39, 0.29) is 18.4 Å². The molecule has 30 heavy (non-hydrogen) atoms. The van der Waals surface area contributed by atoms with E-state index in [1.54, 1.807) is 7.05 Å². The number of nitrogens with one attached hydrogen (secondary N) is 1. The van der Waals surface area contributed by atoms with Crippen LogP contribution in [0.3, 0.4) is 0 Å². The lowest BCUT2D eigenvalue weighted by Crippen LogP contribution is -2.53. The number of rotatable bonds is 6. The van der Waals surface area contributed by atoms with E-state index < -0.39 is 18.2 Å². The van der Waals surface area contributed by atoms with E-state index in [4.69, 9.17) is 0 Å². The first-order chi connectivity index (χ1) is 14.4. The number of aromatic nitrogens is 2. The minimum absolute atomic E-state index is 0.128. The molecule has 0 saturated carbocycles. The van der Waals surface area contributed by atoms with Gasteiger partial charge in [0.1, 0.15) is 17.5 Å². The minimum Gasteiger partial charge on any atom is -0.349 e. The van der Waals surface area contributed by atoms with Crippen LogP contribution in [-0.2, 0) is 6.54 Å². The van der Waals surface area contributed by atoms with Crippen molar-refractivity contribution in [2.75, 3.05) is 33.2 Å². The average Bonchev–Trinajstić information content (AvgIpc) is 3.20. The highest BCUT2D eigenvalue weighted by Gasteiger charge is 2.27. The van der Waals surface area contributed by atoms with E-state index in [0.29, 0.717) is 44.1 Å². The van der Waals surface area contributed by atoms with Crippen LogP contribution in [0.4, 0.5) is 17.6 Å². The van der Waals surface area contributed by atoms with Crippen molar-refractivity contribution in [1.82, 2.24) is 24.7 Å². The second-order valence-corrected chi connectivity index (χ2v) is 7.04. The van der Waals surface area contributed by atoms with Crippen molar-refractivity contribution in [3.63, 3.8) is 0 Å². The van der Waals surface area contributed by atoms with Crippen LogP contribution in [0.1, 0.15) is 37.3 Å². The Labute approximate surface area is 173 Å². The summed E-state index contributed by atoms with van der Waals surface area (Å²) in [5, 5.41) is 3.08. The third-order valence-corrected chi connectivity index (χ3v) is 5.34. The van der Waals surface area contributed by atoms with Gasteiger partial charge in [-0.3, -0.25) is 14.5 Å². The van der Waals surface area contributed by atoms with Gasteiger partial charge in [0.25, 0.3) is 0 Å². The fourth-order valence-corrected chi connectivity index (χ4v) is 3.84. The van der Waals surface area contributed by atoms with Gasteiger partial charge in [-0.05, 0) is 12.5 Å². The summed E-state index contributed by atoms with van der Waals surface area (Å²) in [6.45, 7) is 2.08. The molecule has 0 spiro atoms. The van der Waals surface area contributed by atoms with E-state index in [1.165, 1.54) is 24.5 Å². The number of hydrogen-bond donors (Lipinski definition) is 1. The van der Waals surface area contributed by atoms with Gasteiger partial charge in [0.15, 0.2) is 5.96 Å². The molecule has 1 unspecified atom stereocenters. The maximum Gasteiger partial charge on any atom is 0.319 e. The van der Waals surface area contributed by atoms with Gasteiger partial charge in [0.2, 0.25) is 0 Å². The lowest BCUT2D eigenvalue weighted by Gasteiger charge is -2.40. The number of nitrogens with zero attached hydrogens (tertiary/aromatic N) is 5. The topological polar surface area (TPSA) is 48.7 Å². The molecule has 0 amide bonds. The Morgan fingerprint density at radius 3 is 2.53 bits per heavy atom. The standard InChI is InChI=1S/C20H26F4N6/c1-3-17(15-5-4-14(21)12-16(15)22)28-8-10-29(11-9-28)20(25-2)27-13-18-26-6-7-30(18)19(23)24/h4-7,12,17,19H,3,8-11,13H2,1-2H3,(H,25,27). The zero-order chi connectivity index (χ0) is 21.7. The van der Waals surface area contributed by atoms with Crippen molar-refractivity contribution in [3.8, 4) is 0 Å². The molecule has 1 aromatic heterocycles. The van der Waals surface area contributed by atoms with Crippen molar-refractivity contribution >= 4 is 5.96 Å². The van der Waals surface area contributed by atoms with Crippen LogP contribution in [0, 0.1) is 11.6 Å². The van der Waals surface area contributed by atoms with Gasteiger partial charge in [0.05, 0.1) is 6.54 Å². The zero-order valence-corrected chi connectivity index (χ0v) is 17.0.